The molecule has 0 unspecified atom stereocenters. The number of rotatable bonds is 4. The van der Waals surface area contributed by atoms with Gasteiger partial charge in [0.1, 0.15) is 0 Å². The summed E-state index contributed by atoms with van der Waals surface area (Å²) in [6.45, 7) is 9.01. The molecule has 1 aromatic rings. The topological polar surface area (TPSA) is 12.9 Å². The molecule has 1 aromatic heterocycles. The predicted octanol–water partition coefficient (Wildman–Crippen LogP) is 4.52. The Kier molecular flexibility index (Phi) is 4.37. The minimum atomic E-state index is 0.304. The summed E-state index contributed by atoms with van der Waals surface area (Å²) in [7, 11) is 0. The monoisotopic (exact) mass is 323 g/mol. The lowest BCUT2D eigenvalue weighted by Crippen LogP contribution is -2.16. The van der Waals surface area contributed by atoms with Crippen molar-refractivity contribution >= 4 is 34.1 Å². The standard InChI is InChI=1S/C11H18INS/c1-5-6-7-11(3,4)10-9(12)8(2)13-14-10/h5-7H2,1-4H3. The van der Waals surface area contributed by atoms with Crippen LogP contribution >= 0.6 is 34.1 Å². The summed E-state index contributed by atoms with van der Waals surface area (Å²) in [5, 5.41) is 0. The molecule has 0 bridgehead atoms. The van der Waals surface area contributed by atoms with Gasteiger partial charge in [-0.1, -0.05) is 33.6 Å². The second-order valence-electron chi connectivity index (χ2n) is 4.40. The Morgan fingerprint density at radius 1 is 1.43 bits per heavy atom. The zero-order chi connectivity index (χ0) is 10.8. The van der Waals surface area contributed by atoms with Crippen LogP contribution in [-0.2, 0) is 5.41 Å². The highest BCUT2D eigenvalue weighted by Gasteiger charge is 2.25. The van der Waals surface area contributed by atoms with Gasteiger partial charge in [-0.3, -0.25) is 0 Å². The number of unbranched alkanes of at least 4 members (excludes halogenated alkanes) is 1. The predicted molar refractivity (Wildman–Crippen MR) is 72.1 cm³/mol. The fourth-order valence-corrected chi connectivity index (χ4v) is 3.72. The summed E-state index contributed by atoms with van der Waals surface area (Å²) >= 11 is 4.10. The van der Waals surface area contributed by atoms with E-state index in [0.29, 0.717) is 5.41 Å². The highest BCUT2D eigenvalue weighted by Crippen LogP contribution is 2.36. The second-order valence-corrected chi connectivity index (χ2v) is 6.25. The largest absolute Gasteiger partial charge is 0.197 e. The maximum Gasteiger partial charge on any atom is 0.0647 e. The summed E-state index contributed by atoms with van der Waals surface area (Å²) in [4.78, 5) is 1.46. The molecule has 0 radical (unpaired) electrons. The molecule has 1 heterocycles. The van der Waals surface area contributed by atoms with Crippen molar-refractivity contribution in [3.05, 3.63) is 14.1 Å². The summed E-state index contributed by atoms with van der Waals surface area (Å²) in [6, 6.07) is 0. The molecule has 0 fully saturated rings. The average molecular weight is 323 g/mol. The lowest BCUT2D eigenvalue weighted by Gasteiger charge is -2.23. The Labute approximate surface area is 105 Å². The summed E-state index contributed by atoms with van der Waals surface area (Å²) in [6.07, 6.45) is 3.85. The van der Waals surface area contributed by atoms with E-state index in [0.717, 1.165) is 0 Å². The van der Waals surface area contributed by atoms with E-state index in [1.165, 1.54) is 33.4 Å². The van der Waals surface area contributed by atoms with Gasteiger partial charge in [-0.05, 0) is 47.5 Å². The number of halogens is 1. The molecule has 0 N–H and O–H groups in total. The quantitative estimate of drug-likeness (QED) is 0.742. The molecule has 1 nitrogen and oxygen atoms in total. The Balaban J connectivity index is 2.86. The van der Waals surface area contributed by atoms with Crippen molar-refractivity contribution in [1.82, 2.24) is 4.37 Å². The maximum atomic E-state index is 4.42. The molecule has 0 aromatic carbocycles. The Morgan fingerprint density at radius 2 is 2.07 bits per heavy atom. The fraction of sp³-hybridized carbons (Fsp3) is 0.727. The summed E-state index contributed by atoms with van der Waals surface area (Å²) < 4.78 is 5.79. The van der Waals surface area contributed by atoms with Crippen LogP contribution in [0.5, 0.6) is 0 Å². The molecule has 0 saturated carbocycles. The smallest absolute Gasteiger partial charge is 0.0647 e. The SMILES string of the molecule is CCCCC(C)(C)c1snc(C)c1I. The van der Waals surface area contributed by atoms with Gasteiger partial charge in [0, 0.05) is 10.3 Å². The van der Waals surface area contributed by atoms with Gasteiger partial charge in [0.05, 0.1) is 9.26 Å². The second kappa shape index (κ2) is 4.92. The molecule has 80 valence electrons. The van der Waals surface area contributed by atoms with Gasteiger partial charge >= 0.3 is 0 Å². The van der Waals surface area contributed by atoms with Crippen LogP contribution < -0.4 is 0 Å². The number of hydrogen-bond donors (Lipinski definition) is 0. The molecule has 3 heteroatoms. The molecule has 0 amide bonds. The minimum absolute atomic E-state index is 0.304. The number of aryl methyl sites for hydroxylation is 1. The zero-order valence-corrected chi connectivity index (χ0v) is 12.3. The van der Waals surface area contributed by atoms with E-state index in [9.17, 15) is 0 Å². The van der Waals surface area contributed by atoms with Crippen LogP contribution in [0.1, 0.15) is 50.6 Å². The minimum Gasteiger partial charge on any atom is -0.197 e. The first-order valence-corrected chi connectivity index (χ1v) is 6.96. The first-order valence-electron chi connectivity index (χ1n) is 5.11. The van der Waals surface area contributed by atoms with Gasteiger partial charge in [0.25, 0.3) is 0 Å². The number of hydrogen-bond acceptors (Lipinski definition) is 2. The fourth-order valence-electron chi connectivity index (χ4n) is 1.51. The van der Waals surface area contributed by atoms with E-state index in [-0.39, 0.29) is 0 Å². The average Bonchev–Trinajstić information content (AvgIpc) is 2.45. The third-order valence-corrected chi connectivity index (χ3v) is 5.55. The molecule has 0 aliphatic heterocycles. The summed E-state index contributed by atoms with van der Waals surface area (Å²) in [5.41, 5.74) is 1.49. The van der Waals surface area contributed by atoms with Crippen LogP contribution in [0.2, 0.25) is 0 Å². The first kappa shape index (κ1) is 12.4. The van der Waals surface area contributed by atoms with Crippen LogP contribution in [-0.4, -0.2) is 4.37 Å². The molecule has 0 spiro atoms. The lowest BCUT2D eigenvalue weighted by atomic mass is 9.85. The number of nitrogens with zero attached hydrogens (tertiary/aromatic N) is 1. The molecule has 0 saturated heterocycles. The molecule has 0 atom stereocenters. The van der Waals surface area contributed by atoms with Crippen molar-refractivity contribution < 1.29 is 0 Å². The van der Waals surface area contributed by atoms with Crippen molar-refractivity contribution in [1.29, 1.82) is 0 Å². The maximum absolute atomic E-state index is 4.42. The van der Waals surface area contributed by atoms with E-state index in [2.05, 4.69) is 54.7 Å². The first-order chi connectivity index (χ1) is 6.49. The molecular formula is C11H18INS. The Bertz CT molecular complexity index is 304. The normalized spacial score (nSPS) is 12.1. The molecular weight excluding hydrogens is 305 g/mol. The Morgan fingerprint density at radius 3 is 2.50 bits per heavy atom. The molecule has 0 aliphatic rings. The Hall–Kier alpha value is 0.360. The van der Waals surface area contributed by atoms with Crippen LogP contribution in [0, 0.1) is 10.5 Å². The van der Waals surface area contributed by atoms with Gasteiger partial charge < -0.3 is 0 Å². The van der Waals surface area contributed by atoms with Crippen molar-refractivity contribution in [3.8, 4) is 0 Å². The van der Waals surface area contributed by atoms with Crippen molar-refractivity contribution in [3.63, 3.8) is 0 Å². The van der Waals surface area contributed by atoms with Gasteiger partial charge in [-0.2, -0.15) is 4.37 Å². The van der Waals surface area contributed by atoms with Gasteiger partial charge in [0.15, 0.2) is 0 Å². The molecule has 1 rings (SSSR count). The van der Waals surface area contributed by atoms with Crippen LogP contribution in [0.4, 0.5) is 0 Å². The van der Waals surface area contributed by atoms with E-state index >= 15 is 0 Å². The molecule has 14 heavy (non-hydrogen) atoms. The van der Waals surface area contributed by atoms with Gasteiger partial charge in [-0.15, -0.1) is 0 Å². The number of aromatic nitrogens is 1. The highest BCUT2D eigenvalue weighted by molar-refractivity contribution is 14.1. The van der Waals surface area contributed by atoms with Crippen LogP contribution in [0.25, 0.3) is 0 Å². The highest BCUT2D eigenvalue weighted by atomic mass is 127. The van der Waals surface area contributed by atoms with Crippen molar-refractivity contribution in [2.24, 2.45) is 0 Å². The van der Waals surface area contributed by atoms with Crippen LogP contribution in [0.15, 0.2) is 0 Å². The lowest BCUT2D eigenvalue weighted by molar-refractivity contribution is 0.464. The van der Waals surface area contributed by atoms with Crippen LogP contribution in [0.3, 0.4) is 0 Å². The van der Waals surface area contributed by atoms with Crippen molar-refractivity contribution in [2.75, 3.05) is 0 Å². The zero-order valence-electron chi connectivity index (χ0n) is 9.35. The van der Waals surface area contributed by atoms with E-state index in [1.807, 2.05) is 0 Å². The van der Waals surface area contributed by atoms with Gasteiger partial charge in [0.2, 0.25) is 0 Å². The van der Waals surface area contributed by atoms with E-state index < -0.39 is 0 Å². The van der Waals surface area contributed by atoms with Crippen molar-refractivity contribution in [2.45, 2.75) is 52.4 Å². The van der Waals surface area contributed by atoms with E-state index in [4.69, 9.17) is 0 Å². The summed E-state index contributed by atoms with van der Waals surface area (Å²) in [5.74, 6) is 0. The van der Waals surface area contributed by atoms with E-state index in [1.54, 1.807) is 11.5 Å². The molecule has 0 aliphatic carbocycles. The third kappa shape index (κ3) is 2.69. The third-order valence-electron chi connectivity index (χ3n) is 2.56. The van der Waals surface area contributed by atoms with Gasteiger partial charge in [-0.25, -0.2) is 0 Å².